The molecule has 0 aromatic heterocycles. The highest BCUT2D eigenvalue weighted by atomic mass is 16.6. The summed E-state index contributed by atoms with van der Waals surface area (Å²) >= 11 is 0. The van der Waals surface area contributed by atoms with Gasteiger partial charge in [-0.1, -0.05) is 17.0 Å². The molecule has 0 radical (unpaired) electrons. The zero-order valence-corrected chi connectivity index (χ0v) is 8.12. The Bertz CT molecular complexity index is 522. The number of hydrogen-bond donors (Lipinski definition) is 1. The Labute approximate surface area is 90.7 Å². The molecule has 1 aromatic carbocycles. The van der Waals surface area contributed by atoms with Gasteiger partial charge in [0.05, 0.1) is 17.2 Å². The van der Waals surface area contributed by atoms with E-state index in [1.807, 2.05) is 0 Å². The third kappa shape index (κ3) is 2.90. The number of nitro groups is 1. The van der Waals surface area contributed by atoms with Crippen LogP contribution in [0.1, 0.15) is 5.56 Å². The van der Waals surface area contributed by atoms with E-state index in [0.717, 1.165) is 0 Å². The molecule has 1 aromatic rings. The lowest BCUT2D eigenvalue weighted by molar-refractivity contribution is -0.384. The summed E-state index contributed by atoms with van der Waals surface area (Å²) in [6, 6.07) is 4.00. The van der Waals surface area contributed by atoms with Gasteiger partial charge in [-0.25, -0.2) is 0 Å². The van der Waals surface area contributed by atoms with E-state index in [2.05, 4.69) is 21.9 Å². The SMILES string of the molecule is [N-]=[N+]=NCC#Cc1ccc([N+](=O)[O-])cc1N. The Morgan fingerprint density at radius 3 is 2.94 bits per heavy atom. The number of rotatable bonds is 2. The van der Waals surface area contributed by atoms with Crippen molar-refractivity contribution in [2.24, 2.45) is 5.11 Å². The maximum absolute atomic E-state index is 10.4. The second-order valence-corrected chi connectivity index (χ2v) is 2.72. The first-order valence-electron chi connectivity index (χ1n) is 4.19. The average molecular weight is 217 g/mol. The van der Waals surface area contributed by atoms with Crippen molar-refractivity contribution in [3.05, 3.63) is 44.3 Å². The number of azide groups is 1. The molecule has 0 aliphatic carbocycles. The summed E-state index contributed by atoms with van der Waals surface area (Å²) in [7, 11) is 0. The summed E-state index contributed by atoms with van der Waals surface area (Å²) < 4.78 is 0. The van der Waals surface area contributed by atoms with Crippen molar-refractivity contribution < 1.29 is 4.92 Å². The summed E-state index contributed by atoms with van der Waals surface area (Å²) in [6.07, 6.45) is 0. The number of benzene rings is 1. The van der Waals surface area contributed by atoms with Crippen LogP contribution in [-0.4, -0.2) is 11.5 Å². The van der Waals surface area contributed by atoms with Crippen LogP contribution in [-0.2, 0) is 0 Å². The molecule has 0 heterocycles. The predicted molar refractivity (Wildman–Crippen MR) is 58.4 cm³/mol. The Morgan fingerprint density at radius 1 is 1.62 bits per heavy atom. The lowest BCUT2D eigenvalue weighted by atomic mass is 10.1. The number of anilines is 1. The average Bonchev–Trinajstić information content (AvgIpc) is 2.26. The number of nitrogens with two attached hydrogens (primary N) is 1. The van der Waals surface area contributed by atoms with Crippen molar-refractivity contribution in [1.82, 2.24) is 0 Å². The van der Waals surface area contributed by atoms with Crippen LogP contribution < -0.4 is 5.73 Å². The molecular weight excluding hydrogens is 210 g/mol. The highest BCUT2D eigenvalue weighted by Gasteiger charge is 2.06. The highest BCUT2D eigenvalue weighted by Crippen LogP contribution is 2.18. The molecule has 0 saturated heterocycles. The molecule has 0 bridgehead atoms. The van der Waals surface area contributed by atoms with Gasteiger partial charge in [0.2, 0.25) is 0 Å². The number of nitrogens with zero attached hydrogens (tertiary/aromatic N) is 4. The zero-order valence-electron chi connectivity index (χ0n) is 8.12. The standard InChI is InChI=1S/C9H7N5O2/c10-9-6-8(14(15)16)4-3-7(9)2-1-5-12-13-11/h3-4,6H,5,10H2. The van der Waals surface area contributed by atoms with Gasteiger partial charge in [-0.05, 0) is 11.6 Å². The minimum Gasteiger partial charge on any atom is -0.398 e. The van der Waals surface area contributed by atoms with Crippen LogP contribution in [0.2, 0.25) is 0 Å². The fourth-order valence-corrected chi connectivity index (χ4v) is 0.979. The molecule has 0 fully saturated rings. The van der Waals surface area contributed by atoms with Crippen LogP contribution in [0.5, 0.6) is 0 Å². The Morgan fingerprint density at radius 2 is 2.38 bits per heavy atom. The van der Waals surface area contributed by atoms with Gasteiger partial charge < -0.3 is 5.73 Å². The summed E-state index contributed by atoms with van der Waals surface area (Å²) in [6.45, 7) is 0.0347. The van der Waals surface area contributed by atoms with Crippen LogP contribution in [0.3, 0.4) is 0 Å². The predicted octanol–water partition coefficient (Wildman–Crippen LogP) is 1.84. The van der Waals surface area contributed by atoms with E-state index in [1.165, 1.54) is 18.2 Å². The van der Waals surface area contributed by atoms with Crippen molar-refractivity contribution in [2.45, 2.75) is 0 Å². The molecule has 0 spiro atoms. The smallest absolute Gasteiger partial charge is 0.271 e. The zero-order chi connectivity index (χ0) is 12.0. The van der Waals surface area contributed by atoms with Gasteiger partial charge in [-0.15, -0.1) is 0 Å². The van der Waals surface area contributed by atoms with Crippen molar-refractivity contribution >= 4 is 11.4 Å². The molecule has 0 aliphatic rings. The van der Waals surface area contributed by atoms with Crippen LogP contribution in [0.15, 0.2) is 23.3 Å². The topological polar surface area (TPSA) is 118 Å². The Balaban J connectivity index is 2.93. The number of nitro benzene ring substituents is 1. The van der Waals surface area contributed by atoms with Gasteiger partial charge in [-0.2, -0.15) is 0 Å². The minimum absolute atomic E-state index is 0.0347. The molecule has 80 valence electrons. The second kappa shape index (κ2) is 5.24. The third-order valence-electron chi connectivity index (χ3n) is 1.68. The van der Waals surface area contributed by atoms with Crippen LogP contribution in [0.4, 0.5) is 11.4 Å². The number of hydrogen-bond acceptors (Lipinski definition) is 4. The summed E-state index contributed by atoms with van der Waals surface area (Å²) in [5, 5.41) is 13.6. The highest BCUT2D eigenvalue weighted by molar-refractivity contribution is 5.60. The first-order chi connectivity index (χ1) is 7.65. The summed E-state index contributed by atoms with van der Waals surface area (Å²) in [4.78, 5) is 12.4. The van der Waals surface area contributed by atoms with Crippen molar-refractivity contribution in [3.63, 3.8) is 0 Å². The molecule has 2 N–H and O–H groups in total. The van der Waals surface area contributed by atoms with Crippen LogP contribution in [0.25, 0.3) is 10.4 Å². The summed E-state index contributed by atoms with van der Waals surface area (Å²) in [5.74, 6) is 5.22. The van der Waals surface area contributed by atoms with E-state index in [4.69, 9.17) is 11.3 Å². The third-order valence-corrected chi connectivity index (χ3v) is 1.68. The van der Waals surface area contributed by atoms with Gasteiger partial charge >= 0.3 is 0 Å². The van der Waals surface area contributed by atoms with E-state index < -0.39 is 4.92 Å². The number of nitrogen functional groups attached to an aromatic ring is 1. The van der Waals surface area contributed by atoms with E-state index in [1.54, 1.807) is 0 Å². The van der Waals surface area contributed by atoms with E-state index >= 15 is 0 Å². The van der Waals surface area contributed by atoms with Crippen molar-refractivity contribution in [3.8, 4) is 11.8 Å². The van der Waals surface area contributed by atoms with Crippen molar-refractivity contribution in [2.75, 3.05) is 12.3 Å². The summed E-state index contributed by atoms with van der Waals surface area (Å²) in [5.41, 5.74) is 14.2. The van der Waals surface area contributed by atoms with Gasteiger partial charge in [-0.3, -0.25) is 10.1 Å². The quantitative estimate of drug-likeness (QED) is 0.155. The first kappa shape index (κ1) is 11.4. The molecule has 0 aliphatic heterocycles. The van der Waals surface area contributed by atoms with Gasteiger partial charge in [0.1, 0.15) is 0 Å². The normalized spacial score (nSPS) is 8.50. The van der Waals surface area contributed by atoms with Gasteiger partial charge in [0.25, 0.3) is 5.69 Å². The van der Waals surface area contributed by atoms with E-state index in [0.29, 0.717) is 5.56 Å². The molecule has 0 amide bonds. The molecule has 16 heavy (non-hydrogen) atoms. The van der Waals surface area contributed by atoms with E-state index in [9.17, 15) is 10.1 Å². The largest absolute Gasteiger partial charge is 0.398 e. The molecule has 0 saturated carbocycles. The molecule has 1 rings (SSSR count). The first-order valence-corrected chi connectivity index (χ1v) is 4.19. The number of non-ortho nitro benzene ring substituents is 1. The lowest BCUT2D eigenvalue weighted by Gasteiger charge is -1.97. The maximum Gasteiger partial charge on any atom is 0.271 e. The van der Waals surface area contributed by atoms with Gasteiger partial charge in [0.15, 0.2) is 0 Å². The molecule has 0 unspecified atom stereocenters. The Hall–Kier alpha value is -2.71. The fraction of sp³-hybridized carbons (Fsp3) is 0.111. The molecule has 7 heteroatoms. The second-order valence-electron chi connectivity index (χ2n) is 2.72. The van der Waals surface area contributed by atoms with Crippen LogP contribution in [0, 0.1) is 22.0 Å². The van der Waals surface area contributed by atoms with E-state index in [-0.39, 0.29) is 17.9 Å². The molecule has 7 nitrogen and oxygen atoms in total. The molecule has 0 atom stereocenters. The fourth-order valence-electron chi connectivity index (χ4n) is 0.979. The maximum atomic E-state index is 10.4. The molecular formula is C9H7N5O2. The monoisotopic (exact) mass is 217 g/mol. The van der Waals surface area contributed by atoms with Crippen LogP contribution >= 0.6 is 0 Å². The minimum atomic E-state index is -0.534. The lowest BCUT2D eigenvalue weighted by Crippen LogP contribution is -1.94. The Kier molecular flexibility index (Phi) is 3.72. The van der Waals surface area contributed by atoms with Crippen molar-refractivity contribution in [1.29, 1.82) is 0 Å². The van der Waals surface area contributed by atoms with Gasteiger partial charge in [0, 0.05) is 22.6 Å².